The van der Waals surface area contributed by atoms with E-state index in [4.69, 9.17) is 9.84 Å². The van der Waals surface area contributed by atoms with E-state index in [-0.39, 0.29) is 24.0 Å². The summed E-state index contributed by atoms with van der Waals surface area (Å²) in [6.07, 6.45) is 6.27. The van der Waals surface area contributed by atoms with Gasteiger partial charge in [0.25, 0.3) is 0 Å². The van der Waals surface area contributed by atoms with Crippen LogP contribution in [0.4, 0.5) is 0 Å². The Bertz CT molecular complexity index is 1080. The van der Waals surface area contributed by atoms with Gasteiger partial charge in [0.05, 0.1) is 23.6 Å². The van der Waals surface area contributed by atoms with Crippen LogP contribution in [0.15, 0.2) is 48.9 Å². The minimum absolute atomic E-state index is 0.0118. The van der Waals surface area contributed by atoms with Gasteiger partial charge >= 0.3 is 5.97 Å². The number of ether oxygens (including phenoxy) is 1. The normalized spacial score (nSPS) is 11.7. The Balaban J connectivity index is 1.67. The van der Waals surface area contributed by atoms with Crippen LogP contribution in [0.1, 0.15) is 48.3 Å². The Hall–Kier alpha value is -3.75. The van der Waals surface area contributed by atoms with E-state index < -0.39 is 5.97 Å². The highest BCUT2D eigenvalue weighted by atomic mass is 16.5. The molecule has 1 unspecified atom stereocenters. The second kappa shape index (κ2) is 10.5. The van der Waals surface area contributed by atoms with Crippen molar-refractivity contribution in [3.63, 3.8) is 0 Å². The van der Waals surface area contributed by atoms with Crippen molar-refractivity contribution in [2.24, 2.45) is 5.92 Å². The number of carboxylic acid groups (broad SMARTS) is 1. The van der Waals surface area contributed by atoms with Crippen LogP contribution >= 0.6 is 0 Å². The zero-order valence-corrected chi connectivity index (χ0v) is 18.4. The maximum absolute atomic E-state index is 12.6. The standard InChI is InChI=1S/C23H27N5O4/c1-4-7-16(2)22(29)27(3)13-17-8-5-6-9-21(17)32-15-19-14-28(26-25-19)20-10-18(23(30)31)11-24-12-20/h5-6,8-12,14,16H,4,7,13,15H2,1-3H3,(H,30,31). The van der Waals surface area contributed by atoms with Crippen molar-refractivity contribution in [2.75, 3.05) is 7.05 Å². The van der Waals surface area contributed by atoms with Crippen molar-refractivity contribution < 1.29 is 19.4 Å². The first-order valence-electron chi connectivity index (χ1n) is 10.4. The zero-order valence-electron chi connectivity index (χ0n) is 18.4. The van der Waals surface area contributed by atoms with Crippen LogP contribution in [-0.4, -0.2) is 48.9 Å². The highest BCUT2D eigenvalue weighted by Gasteiger charge is 2.18. The number of aromatic nitrogens is 4. The maximum Gasteiger partial charge on any atom is 0.337 e. The number of benzene rings is 1. The van der Waals surface area contributed by atoms with E-state index in [1.54, 1.807) is 18.1 Å². The quantitative estimate of drug-likeness (QED) is 0.518. The zero-order chi connectivity index (χ0) is 23.1. The number of nitrogens with zero attached hydrogens (tertiary/aromatic N) is 5. The molecule has 1 aromatic carbocycles. The molecule has 0 saturated heterocycles. The van der Waals surface area contributed by atoms with Crippen LogP contribution in [0.2, 0.25) is 0 Å². The number of para-hydroxylation sites is 1. The van der Waals surface area contributed by atoms with Crippen molar-refractivity contribution >= 4 is 11.9 Å². The lowest BCUT2D eigenvalue weighted by Crippen LogP contribution is -2.31. The minimum atomic E-state index is -1.06. The molecule has 2 heterocycles. The average Bonchev–Trinajstić information content (AvgIpc) is 3.27. The molecule has 0 bridgehead atoms. The molecule has 3 rings (SSSR count). The van der Waals surface area contributed by atoms with Crippen molar-refractivity contribution in [1.29, 1.82) is 0 Å². The van der Waals surface area contributed by atoms with Gasteiger partial charge in [-0.05, 0) is 18.6 Å². The molecule has 0 spiro atoms. The van der Waals surface area contributed by atoms with Crippen molar-refractivity contribution in [3.05, 3.63) is 65.7 Å². The average molecular weight is 438 g/mol. The number of hydrogen-bond donors (Lipinski definition) is 1. The van der Waals surface area contributed by atoms with E-state index >= 15 is 0 Å². The van der Waals surface area contributed by atoms with Gasteiger partial charge in [0, 0.05) is 31.3 Å². The maximum atomic E-state index is 12.6. The molecule has 0 aliphatic heterocycles. The van der Waals surface area contributed by atoms with Crippen molar-refractivity contribution in [3.8, 4) is 11.4 Å². The number of aromatic carboxylic acids is 1. The van der Waals surface area contributed by atoms with E-state index in [0.29, 0.717) is 23.7 Å². The van der Waals surface area contributed by atoms with Crippen LogP contribution in [0.25, 0.3) is 5.69 Å². The lowest BCUT2D eigenvalue weighted by Gasteiger charge is -2.22. The van der Waals surface area contributed by atoms with E-state index in [1.165, 1.54) is 23.1 Å². The Kier molecular flexibility index (Phi) is 7.54. The van der Waals surface area contributed by atoms with E-state index in [2.05, 4.69) is 22.2 Å². The van der Waals surface area contributed by atoms with Gasteiger partial charge in [-0.1, -0.05) is 43.7 Å². The van der Waals surface area contributed by atoms with E-state index in [0.717, 1.165) is 18.4 Å². The van der Waals surface area contributed by atoms with Crippen LogP contribution in [-0.2, 0) is 17.9 Å². The summed E-state index contributed by atoms with van der Waals surface area (Å²) in [5, 5.41) is 17.2. The molecule has 168 valence electrons. The first-order chi connectivity index (χ1) is 15.4. The number of rotatable bonds is 10. The second-order valence-corrected chi connectivity index (χ2v) is 7.67. The molecule has 1 amide bonds. The molecule has 0 fully saturated rings. The topological polar surface area (TPSA) is 110 Å². The molecule has 32 heavy (non-hydrogen) atoms. The lowest BCUT2D eigenvalue weighted by molar-refractivity contribution is -0.134. The third kappa shape index (κ3) is 5.69. The summed E-state index contributed by atoms with van der Waals surface area (Å²) >= 11 is 0. The Morgan fingerprint density at radius 3 is 2.78 bits per heavy atom. The molecular formula is C23H27N5O4. The van der Waals surface area contributed by atoms with Gasteiger partial charge in [0.2, 0.25) is 5.91 Å². The molecule has 0 aliphatic rings. The first-order valence-corrected chi connectivity index (χ1v) is 10.4. The van der Waals surface area contributed by atoms with Gasteiger partial charge in [0.15, 0.2) is 0 Å². The Labute approximate surface area is 186 Å². The fraction of sp³-hybridized carbons (Fsp3) is 0.348. The van der Waals surface area contributed by atoms with E-state index in [9.17, 15) is 9.59 Å². The fourth-order valence-corrected chi connectivity index (χ4v) is 3.35. The van der Waals surface area contributed by atoms with Crippen LogP contribution in [0.3, 0.4) is 0 Å². The summed E-state index contributed by atoms with van der Waals surface area (Å²) in [5.74, 6) is -0.296. The monoisotopic (exact) mass is 437 g/mol. The predicted octanol–water partition coefficient (Wildman–Crippen LogP) is 3.33. The number of carboxylic acids is 1. The summed E-state index contributed by atoms with van der Waals surface area (Å²) < 4.78 is 7.41. The molecule has 9 heteroatoms. The molecule has 0 aliphatic carbocycles. The Morgan fingerprint density at radius 1 is 1.25 bits per heavy atom. The number of amides is 1. The molecule has 0 radical (unpaired) electrons. The third-order valence-electron chi connectivity index (χ3n) is 5.05. The molecule has 1 atom stereocenters. The van der Waals surface area contributed by atoms with Crippen LogP contribution in [0, 0.1) is 5.92 Å². The van der Waals surface area contributed by atoms with Gasteiger partial charge < -0.3 is 14.7 Å². The number of carbonyl (C=O) groups is 2. The van der Waals surface area contributed by atoms with Gasteiger partial charge in [-0.25, -0.2) is 9.48 Å². The highest BCUT2D eigenvalue weighted by Crippen LogP contribution is 2.22. The summed E-state index contributed by atoms with van der Waals surface area (Å²) in [6.45, 7) is 4.65. The largest absolute Gasteiger partial charge is 0.487 e. The number of pyridine rings is 1. The summed E-state index contributed by atoms with van der Waals surface area (Å²) in [7, 11) is 1.80. The second-order valence-electron chi connectivity index (χ2n) is 7.67. The summed E-state index contributed by atoms with van der Waals surface area (Å²) in [6, 6.07) is 9.04. The molecular weight excluding hydrogens is 410 g/mol. The summed E-state index contributed by atoms with van der Waals surface area (Å²) in [5.41, 5.74) is 2.03. The first kappa shape index (κ1) is 22.9. The van der Waals surface area contributed by atoms with Gasteiger partial charge in [-0.2, -0.15) is 0 Å². The molecule has 2 aromatic heterocycles. The molecule has 1 N–H and O–H groups in total. The highest BCUT2D eigenvalue weighted by molar-refractivity contribution is 5.87. The SMILES string of the molecule is CCCC(C)C(=O)N(C)Cc1ccccc1OCc1cn(-c2cncc(C(=O)O)c2)nn1. The van der Waals surface area contributed by atoms with Crippen LogP contribution in [0.5, 0.6) is 5.75 Å². The smallest absolute Gasteiger partial charge is 0.337 e. The van der Waals surface area contributed by atoms with E-state index in [1.807, 2.05) is 31.2 Å². The van der Waals surface area contributed by atoms with Gasteiger partial charge in [-0.15, -0.1) is 5.10 Å². The van der Waals surface area contributed by atoms with Gasteiger partial charge in [-0.3, -0.25) is 9.78 Å². The molecule has 3 aromatic rings. The van der Waals surface area contributed by atoms with Gasteiger partial charge in [0.1, 0.15) is 18.1 Å². The Morgan fingerprint density at radius 2 is 2.03 bits per heavy atom. The fourth-order valence-electron chi connectivity index (χ4n) is 3.35. The summed E-state index contributed by atoms with van der Waals surface area (Å²) in [4.78, 5) is 29.3. The predicted molar refractivity (Wildman–Crippen MR) is 117 cm³/mol. The number of carbonyl (C=O) groups excluding carboxylic acids is 1. The lowest BCUT2D eigenvalue weighted by atomic mass is 10.0. The third-order valence-corrected chi connectivity index (χ3v) is 5.05. The number of hydrogen-bond acceptors (Lipinski definition) is 6. The molecule has 9 nitrogen and oxygen atoms in total. The van der Waals surface area contributed by atoms with Crippen molar-refractivity contribution in [2.45, 2.75) is 39.8 Å². The molecule has 0 saturated carbocycles. The minimum Gasteiger partial charge on any atom is -0.487 e. The van der Waals surface area contributed by atoms with Crippen LogP contribution < -0.4 is 4.74 Å². The van der Waals surface area contributed by atoms with Crippen molar-refractivity contribution in [1.82, 2.24) is 24.9 Å².